The number of carbonyl (C=O) groups excluding carboxylic acids is 1. The summed E-state index contributed by atoms with van der Waals surface area (Å²) in [6.07, 6.45) is 6.88. The number of halogens is 1. The maximum absolute atomic E-state index is 14.3. The lowest BCUT2D eigenvalue weighted by molar-refractivity contribution is 0.0655. The van der Waals surface area contributed by atoms with Gasteiger partial charge in [-0.2, -0.15) is 5.10 Å². The summed E-state index contributed by atoms with van der Waals surface area (Å²) in [4.78, 5) is 31.1. The Morgan fingerprint density at radius 2 is 2.12 bits per heavy atom. The summed E-state index contributed by atoms with van der Waals surface area (Å²) in [6.45, 7) is 0.411. The van der Waals surface area contributed by atoms with E-state index < -0.39 is 11.9 Å². The summed E-state index contributed by atoms with van der Waals surface area (Å²) in [5, 5.41) is 4.53. The third kappa shape index (κ3) is 2.88. The first-order valence-electron chi connectivity index (χ1n) is 10.0. The maximum atomic E-state index is 14.3. The van der Waals surface area contributed by atoms with Gasteiger partial charge in [0.15, 0.2) is 0 Å². The topological polar surface area (TPSA) is 105 Å². The number of pyridine rings is 2. The molecular weight excluding hydrogens is 413 g/mol. The SMILES string of the molecule is O=C(c1cnc(-c2ccccn2)o1)N1CCc2[nH]cnc2[C@H]1c1cc2c(F)cccn2n1. The maximum Gasteiger partial charge on any atom is 0.292 e. The number of nitrogens with zero attached hydrogens (tertiary/aromatic N) is 6. The van der Waals surface area contributed by atoms with Crippen molar-refractivity contribution in [1.82, 2.24) is 34.4 Å². The van der Waals surface area contributed by atoms with E-state index in [1.165, 1.54) is 16.8 Å². The summed E-state index contributed by atoms with van der Waals surface area (Å²) < 4.78 is 21.5. The number of amides is 1. The van der Waals surface area contributed by atoms with Crippen LogP contribution in [0.2, 0.25) is 0 Å². The van der Waals surface area contributed by atoms with Crippen molar-refractivity contribution in [2.75, 3.05) is 6.54 Å². The summed E-state index contributed by atoms with van der Waals surface area (Å²) >= 11 is 0. The van der Waals surface area contributed by atoms with Gasteiger partial charge in [-0.15, -0.1) is 0 Å². The molecule has 5 aromatic rings. The van der Waals surface area contributed by atoms with Crippen molar-refractivity contribution in [2.24, 2.45) is 0 Å². The van der Waals surface area contributed by atoms with Crippen LogP contribution >= 0.6 is 0 Å². The lowest BCUT2D eigenvalue weighted by atomic mass is 9.99. The molecule has 0 fully saturated rings. The number of aromatic amines is 1. The summed E-state index contributed by atoms with van der Waals surface area (Å²) in [6, 6.07) is 9.36. The molecule has 0 saturated carbocycles. The van der Waals surface area contributed by atoms with Crippen LogP contribution < -0.4 is 0 Å². The highest BCUT2D eigenvalue weighted by molar-refractivity contribution is 5.92. The van der Waals surface area contributed by atoms with Crippen LogP contribution in [0.1, 0.15) is 33.7 Å². The Hall–Kier alpha value is -4.34. The fraction of sp³-hybridized carbons (Fsp3) is 0.136. The van der Waals surface area contributed by atoms with Gasteiger partial charge in [-0.3, -0.25) is 9.78 Å². The Labute approximate surface area is 180 Å². The average molecular weight is 429 g/mol. The molecule has 10 heteroatoms. The van der Waals surface area contributed by atoms with E-state index in [4.69, 9.17) is 4.42 Å². The van der Waals surface area contributed by atoms with Crippen molar-refractivity contribution in [3.05, 3.63) is 90.0 Å². The van der Waals surface area contributed by atoms with E-state index in [2.05, 4.69) is 25.0 Å². The highest BCUT2D eigenvalue weighted by atomic mass is 19.1. The van der Waals surface area contributed by atoms with E-state index in [9.17, 15) is 9.18 Å². The number of hydrogen-bond acceptors (Lipinski definition) is 6. The van der Waals surface area contributed by atoms with Crippen molar-refractivity contribution < 1.29 is 13.6 Å². The number of rotatable bonds is 3. The zero-order chi connectivity index (χ0) is 21.7. The molecule has 0 spiro atoms. The molecule has 1 aliphatic heterocycles. The minimum atomic E-state index is -0.597. The van der Waals surface area contributed by atoms with Crippen molar-refractivity contribution in [1.29, 1.82) is 0 Å². The normalized spacial score (nSPS) is 15.8. The zero-order valence-corrected chi connectivity index (χ0v) is 16.6. The highest BCUT2D eigenvalue weighted by Gasteiger charge is 2.37. The number of fused-ring (bicyclic) bond motifs is 2. The molecule has 5 aromatic heterocycles. The van der Waals surface area contributed by atoms with Crippen LogP contribution in [0.15, 0.2) is 65.7 Å². The zero-order valence-electron chi connectivity index (χ0n) is 16.6. The van der Waals surface area contributed by atoms with Crippen molar-refractivity contribution in [3.8, 4) is 11.6 Å². The molecule has 1 N–H and O–H groups in total. The molecule has 0 aromatic carbocycles. The van der Waals surface area contributed by atoms with Crippen molar-refractivity contribution in [3.63, 3.8) is 0 Å². The van der Waals surface area contributed by atoms with Gasteiger partial charge in [0, 0.05) is 31.1 Å². The number of hydrogen-bond donors (Lipinski definition) is 1. The molecular formula is C22H16FN7O2. The first-order chi connectivity index (χ1) is 15.7. The molecule has 9 nitrogen and oxygen atoms in total. The summed E-state index contributed by atoms with van der Waals surface area (Å²) in [5.41, 5.74) is 2.98. The molecule has 0 saturated heterocycles. The van der Waals surface area contributed by atoms with E-state index in [1.54, 1.807) is 47.9 Å². The van der Waals surface area contributed by atoms with Gasteiger partial charge in [0.05, 0.1) is 23.9 Å². The number of H-pyrrole nitrogens is 1. The van der Waals surface area contributed by atoms with Gasteiger partial charge in [0.25, 0.3) is 5.91 Å². The minimum Gasteiger partial charge on any atom is -0.429 e. The van der Waals surface area contributed by atoms with Gasteiger partial charge in [0.1, 0.15) is 23.1 Å². The molecule has 1 aliphatic rings. The van der Waals surface area contributed by atoms with Gasteiger partial charge >= 0.3 is 0 Å². The smallest absolute Gasteiger partial charge is 0.292 e. The van der Waals surface area contributed by atoms with Crippen LogP contribution in [0, 0.1) is 5.82 Å². The largest absolute Gasteiger partial charge is 0.429 e. The van der Waals surface area contributed by atoms with Gasteiger partial charge in [-0.25, -0.2) is 18.9 Å². The van der Waals surface area contributed by atoms with Crippen LogP contribution in [0.3, 0.4) is 0 Å². The molecule has 0 radical (unpaired) electrons. The number of carbonyl (C=O) groups is 1. The van der Waals surface area contributed by atoms with Gasteiger partial charge in [0.2, 0.25) is 11.7 Å². The van der Waals surface area contributed by atoms with E-state index in [1.807, 2.05) is 6.07 Å². The van der Waals surface area contributed by atoms with Crippen molar-refractivity contribution >= 4 is 11.4 Å². The number of oxazole rings is 1. The second-order valence-corrected chi connectivity index (χ2v) is 7.42. The summed E-state index contributed by atoms with van der Waals surface area (Å²) in [7, 11) is 0. The second kappa shape index (κ2) is 7.12. The van der Waals surface area contributed by atoms with Crippen LogP contribution in [0.4, 0.5) is 4.39 Å². The predicted molar refractivity (Wildman–Crippen MR) is 110 cm³/mol. The van der Waals surface area contributed by atoms with Gasteiger partial charge in [-0.1, -0.05) is 6.07 Å². The molecule has 1 atom stereocenters. The van der Waals surface area contributed by atoms with E-state index in [0.717, 1.165) is 5.69 Å². The molecule has 0 bridgehead atoms. The molecule has 158 valence electrons. The van der Waals surface area contributed by atoms with E-state index in [-0.39, 0.29) is 17.6 Å². The first kappa shape index (κ1) is 18.4. The fourth-order valence-electron chi connectivity index (χ4n) is 4.05. The fourth-order valence-corrected chi connectivity index (χ4v) is 4.05. The lowest BCUT2D eigenvalue weighted by Crippen LogP contribution is -2.40. The predicted octanol–water partition coefficient (Wildman–Crippen LogP) is 3.03. The average Bonchev–Trinajstić information content (AvgIpc) is 3.58. The lowest BCUT2D eigenvalue weighted by Gasteiger charge is -2.33. The van der Waals surface area contributed by atoms with Crippen LogP contribution in [0.25, 0.3) is 17.1 Å². The van der Waals surface area contributed by atoms with Gasteiger partial charge < -0.3 is 14.3 Å². The minimum absolute atomic E-state index is 0.0876. The third-order valence-electron chi connectivity index (χ3n) is 5.54. The molecule has 32 heavy (non-hydrogen) atoms. The molecule has 0 unspecified atom stereocenters. The van der Waals surface area contributed by atoms with Crippen molar-refractivity contribution in [2.45, 2.75) is 12.5 Å². The van der Waals surface area contributed by atoms with Crippen LogP contribution in [0.5, 0.6) is 0 Å². The number of nitrogens with one attached hydrogen (secondary N) is 1. The van der Waals surface area contributed by atoms with Crippen LogP contribution in [-0.4, -0.2) is 46.9 Å². The van der Waals surface area contributed by atoms with Crippen LogP contribution in [-0.2, 0) is 6.42 Å². The Bertz CT molecular complexity index is 1440. The first-order valence-corrected chi connectivity index (χ1v) is 10.0. The van der Waals surface area contributed by atoms with E-state index >= 15 is 0 Å². The standard InChI is InChI=1S/C22H16FN7O2/c23-13-4-3-8-30-17(13)10-16(28-30)20-19-14(26-12-27-19)6-9-29(20)22(31)18-11-25-21(32-18)15-5-1-2-7-24-15/h1-5,7-8,10-12,20H,6,9H2,(H,26,27)/t20-/m1/s1. The second-order valence-electron chi connectivity index (χ2n) is 7.42. The Morgan fingerprint density at radius 1 is 1.19 bits per heavy atom. The summed E-state index contributed by atoms with van der Waals surface area (Å²) in [5.74, 6) is -0.393. The molecule has 6 heterocycles. The Kier molecular flexibility index (Phi) is 4.10. The highest BCUT2D eigenvalue weighted by Crippen LogP contribution is 2.34. The third-order valence-corrected chi connectivity index (χ3v) is 5.54. The van der Waals surface area contributed by atoms with Gasteiger partial charge in [-0.05, 0) is 30.3 Å². The molecule has 0 aliphatic carbocycles. The Balaban J connectivity index is 1.41. The number of aromatic nitrogens is 6. The molecule has 6 rings (SSSR count). The monoisotopic (exact) mass is 429 g/mol. The molecule has 1 amide bonds. The number of imidazole rings is 1. The quantitative estimate of drug-likeness (QED) is 0.473. The Morgan fingerprint density at radius 3 is 2.97 bits per heavy atom. The van der Waals surface area contributed by atoms with E-state index in [0.29, 0.717) is 35.6 Å².